The van der Waals surface area contributed by atoms with E-state index in [1.54, 1.807) is 12.4 Å². The summed E-state index contributed by atoms with van der Waals surface area (Å²) in [5, 5.41) is 23.4. The summed E-state index contributed by atoms with van der Waals surface area (Å²) in [5.41, 5.74) is 2.60. The second kappa shape index (κ2) is 11.5. The fourth-order valence-corrected chi connectivity index (χ4v) is 4.55. The number of rotatable bonds is 11. The van der Waals surface area contributed by atoms with Crippen LogP contribution in [0.15, 0.2) is 30.6 Å². The average Bonchev–Trinajstić information content (AvgIpc) is 2.79. The zero-order chi connectivity index (χ0) is 24.7. The molecule has 1 atom stereocenters. The number of carboxylic acids is 1. The molecular weight excluding hydrogens is 432 g/mol. The van der Waals surface area contributed by atoms with Crippen LogP contribution in [0, 0.1) is 0 Å². The van der Waals surface area contributed by atoms with Gasteiger partial charge in [-0.2, -0.15) is 0 Å². The lowest BCUT2D eigenvalue weighted by Gasteiger charge is -2.40. The van der Waals surface area contributed by atoms with Crippen molar-refractivity contribution in [2.75, 3.05) is 23.4 Å². The number of aliphatic carboxylic acids is 1. The molecule has 3 N–H and O–H groups in total. The number of nitrogens with zero attached hydrogens (tertiary/aromatic N) is 3. The van der Waals surface area contributed by atoms with E-state index in [0.717, 1.165) is 29.8 Å². The summed E-state index contributed by atoms with van der Waals surface area (Å²) in [6.45, 7) is 8.46. The van der Waals surface area contributed by atoms with Crippen molar-refractivity contribution >= 4 is 23.0 Å². The number of carboxylic acid groups (broad SMARTS) is 1. The Kier molecular flexibility index (Phi) is 8.72. The highest BCUT2D eigenvalue weighted by Gasteiger charge is 2.28. The van der Waals surface area contributed by atoms with Crippen molar-refractivity contribution in [2.24, 2.45) is 0 Å². The Morgan fingerprint density at radius 2 is 1.91 bits per heavy atom. The number of nitrogens with one attached hydrogen (secondary N) is 1. The SMILES string of the molecule is CCOc1ncc(Nc2cc(C(C)CC(=O)O)ccc2N(CC(C)(C)O)C2CCCCC2)cn1. The van der Waals surface area contributed by atoms with Gasteiger partial charge in [-0.15, -0.1) is 0 Å². The van der Waals surface area contributed by atoms with Gasteiger partial charge in [-0.1, -0.05) is 32.3 Å². The quantitative estimate of drug-likeness (QED) is 0.416. The van der Waals surface area contributed by atoms with Crippen LogP contribution in [-0.2, 0) is 4.79 Å². The van der Waals surface area contributed by atoms with Gasteiger partial charge in [-0.05, 0) is 57.2 Å². The van der Waals surface area contributed by atoms with Crippen LogP contribution >= 0.6 is 0 Å². The number of anilines is 3. The van der Waals surface area contributed by atoms with Crippen molar-refractivity contribution in [1.82, 2.24) is 9.97 Å². The van der Waals surface area contributed by atoms with E-state index >= 15 is 0 Å². The van der Waals surface area contributed by atoms with Gasteiger partial charge in [0.2, 0.25) is 0 Å². The molecule has 1 aliphatic rings. The van der Waals surface area contributed by atoms with Crippen LogP contribution in [0.25, 0.3) is 0 Å². The first-order chi connectivity index (χ1) is 16.2. The van der Waals surface area contributed by atoms with Gasteiger partial charge < -0.3 is 25.2 Å². The molecule has 0 aliphatic heterocycles. The van der Waals surface area contributed by atoms with Gasteiger partial charge in [0.1, 0.15) is 0 Å². The molecule has 3 rings (SSSR count). The zero-order valence-corrected chi connectivity index (χ0v) is 20.8. The monoisotopic (exact) mass is 470 g/mol. The third kappa shape index (κ3) is 7.32. The molecule has 1 unspecified atom stereocenters. The van der Waals surface area contributed by atoms with Crippen LogP contribution in [0.4, 0.5) is 17.1 Å². The topological polar surface area (TPSA) is 108 Å². The average molecular weight is 471 g/mol. The number of hydrogen-bond donors (Lipinski definition) is 3. The summed E-state index contributed by atoms with van der Waals surface area (Å²) >= 11 is 0. The fourth-order valence-electron chi connectivity index (χ4n) is 4.55. The summed E-state index contributed by atoms with van der Waals surface area (Å²) in [6.07, 6.45) is 9.17. The van der Waals surface area contributed by atoms with Crippen LogP contribution in [0.3, 0.4) is 0 Å². The molecule has 1 fully saturated rings. The van der Waals surface area contributed by atoms with E-state index in [2.05, 4.69) is 20.2 Å². The molecule has 1 aliphatic carbocycles. The van der Waals surface area contributed by atoms with E-state index in [1.807, 2.05) is 45.9 Å². The maximum atomic E-state index is 11.3. The Morgan fingerprint density at radius 1 is 1.24 bits per heavy atom. The standard InChI is InChI=1S/C26H38N4O4/c1-5-34-25-27-15-20(16-28-25)29-22-14-19(18(2)13-24(31)32)11-12-23(22)30(17-26(3,4)33)21-9-7-6-8-10-21/h11-12,14-16,18,21,29,33H,5-10,13,17H2,1-4H3,(H,31,32). The molecule has 8 nitrogen and oxygen atoms in total. The minimum Gasteiger partial charge on any atom is -0.481 e. The molecule has 1 heterocycles. The summed E-state index contributed by atoms with van der Waals surface area (Å²) in [7, 11) is 0. The van der Waals surface area contributed by atoms with Crippen LogP contribution in [-0.4, -0.2) is 50.9 Å². The van der Waals surface area contributed by atoms with E-state index in [1.165, 1.54) is 19.3 Å². The third-order valence-corrected chi connectivity index (χ3v) is 6.13. The van der Waals surface area contributed by atoms with Crippen LogP contribution in [0.2, 0.25) is 0 Å². The largest absolute Gasteiger partial charge is 0.481 e. The maximum Gasteiger partial charge on any atom is 0.316 e. The van der Waals surface area contributed by atoms with Crippen molar-refractivity contribution in [3.8, 4) is 6.01 Å². The van der Waals surface area contributed by atoms with Gasteiger partial charge in [0.25, 0.3) is 0 Å². The Balaban J connectivity index is 2.01. The molecule has 1 saturated carbocycles. The van der Waals surface area contributed by atoms with E-state index in [-0.39, 0.29) is 12.3 Å². The Bertz CT molecular complexity index is 937. The molecule has 0 spiro atoms. The number of hydrogen-bond acceptors (Lipinski definition) is 7. The predicted octanol–water partition coefficient (Wildman–Crippen LogP) is 5.11. The Hall–Kier alpha value is -2.87. The number of carbonyl (C=O) groups is 1. The van der Waals surface area contributed by atoms with Crippen LogP contribution < -0.4 is 15.0 Å². The molecule has 34 heavy (non-hydrogen) atoms. The molecule has 0 radical (unpaired) electrons. The number of ether oxygens (including phenoxy) is 1. The summed E-state index contributed by atoms with van der Waals surface area (Å²) in [6, 6.07) is 6.72. The summed E-state index contributed by atoms with van der Waals surface area (Å²) in [4.78, 5) is 22.1. The number of aliphatic hydroxyl groups is 1. The second-order valence-electron chi connectivity index (χ2n) is 9.82. The molecule has 186 valence electrons. The van der Waals surface area contributed by atoms with E-state index in [0.29, 0.717) is 30.9 Å². The van der Waals surface area contributed by atoms with Crippen molar-refractivity contribution in [3.05, 3.63) is 36.2 Å². The highest BCUT2D eigenvalue weighted by Crippen LogP contribution is 2.37. The lowest BCUT2D eigenvalue weighted by molar-refractivity contribution is -0.137. The van der Waals surface area contributed by atoms with Gasteiger partial charge in [0.05, 0.1) is 48.1 Å². The number of aromatic nitrogens is 2. The molecule has 2 aromatic rings. The van der Waals surface area contributed by atoms with E-state index in [9.17, 15) is 15.0 Å². The van der Waals surface area contributed by atoms with Crippen molar-refractivity contribution in [3.63, 3.8) is 0 Å². The van der Waals surface area contributed by atoms with Crippen molar-refractivity contribution in [1.29, 1.82) is 0 Å². The molecular formula is C26H38N4O4. The van der Waals surface area contributed by atoms with E-state index in [4.69, 9.17) is 4.74 Å². The third-order valence-electron chi connectivity index (χ3n) is 6.13. The molecule has 1 aromatic heterocycles. The van der Waals surface area contributed by atoms with Gasteiger partial charge in [0, 0.05) is 12.6 Å². The number of benzene rings is 1. The van der Waals surface area contributed by atoms with Crippen LogP contribution in [0.1, 0.15) is 77.7 Å². The normalized spacial score (nSPS) is 15.6. The first kappa shape index (κ1) is 25.7. The first-order valence-electron chi connectivity index (χ1n) is 12.2. The highest BCUT2D eigenvalue weighted by molar-refractivity contribution is 5.77. The second-order valence-corrected chi connectivity index (χ2v) is 9.82. The minimum absolute atomic E-state index is 0.0565. The Labute approximate surface area is 202 Å². The molecule has 8 heteroatoms. The van der Waals surface area contributed by atoms with Gasteiger partial charge >= 0.3 is 12.0 Å². The lowest BCUT2D eigenvalue weighted by atomic mass is 9.91. The summed E-state index contributed by atoms with van der Waals surface area (Å²) < 4.78 is 5.35. The molecule has 1 aromatic carbocycles. The molecule has 0 bridgehead atoms. The van der Waals surface area contributed by atoms with Crippen molar-refractivity contribution in [2.45, 2.75) is 83.8 Å². The lowest BCUT2D eigenvalue weighted by Crippen LogP contribution is -2.45. The van der Waals surface area contributed by atoms with Gasteiger partial charge in [0.15, 0.2) is 0 Å². The highest BCUT2D eigenvalue weighted by atomic mass is 16.5. The molecule has 0 amide bonds. The molecule has 0 saturated heterocycles. The zero-order valence-electron chi connectivity index (χ0n) is 20.8. The van der Waals surface area contributed by atoms with Gasteiger partial charge in [-0.3, -0.25) is 4.79 Å². The smallest absolute Gasteiger partial charge is 0.316 e. The fraction of sp³-hybridized carbons (Fsp3) is 0.577. The van der Waals surface area contributed by atoms with Crippen LogP contribution in [0.5, 0.6) is 6.01 Å². The van der Waals surface area contributed by atoms with Gasteiger partial charge in [-0.25, -0.2) is 9.97 Å². The Morgan fingerprint density at radius 3 is 2.50 bits per heavy atom. The minimum atomic E-state index is -0.869. The predicted molar refractivity (Wildman–Crippen MR) is 134 cm³/mol. The van der Waals surface area contributed by atoms with Crippen molar-refractivity contribution < 1.29 is 19.7 Å². The first-order valence-corrected chi connectivity index (χ1v) is 12.2. The maximum absolute atomic E-state index is 11.3. The van der Waals surface area contributed by atoms with E-state index < -0.39 is 11.6 Å². The summed E-state index contributed by atoms with van der Waals surface area (Å²) in [5.74, 6) is -0.960.